The standard InChI is InChI=1S/C11H9BrN2O/c12-8-4-1-2-6-10(8)15-11-9(13)5-3-7-14-11/h1-7H,13H2. The summed E-state index contributed by atoms with van der Waals surface area (Å²) in [6.07, 6.45) is 1.64. The number of pyridine rings is 1. The highest BCUT2D eigenvalue weighted by Gasteiger charge is 2.04. The number of rotatable bonds is 2. The van der Waals surface area contributed by atoms with E-state index in [9.17, 15) is 0 Å². The molecule has 0 radical (unpaired) electrons. The summed E-state index contributed by atoms with van der Waals surface area (Å²) in [6.45, 7) is 0. The van der Waals surface area contributed by atoms with Crippen molar-refractivity contribution >= 4 is 21.6 Å². The van der Waals surface area contributed by atoms with Crippen LogP contribution in [-0.4, -0.2) is 4.98 Å². The second kappa shape index (κ2) is 4.31. The van der Waals surface area contributed by atoms with Crippen LogP contribution in [0.4, 0.5) is 5.69 Å². The van der Waals surface area contributed by atoms with E-state index in [1.165, 1.54) is 0 Å². The zero-order valence-electron chi connectivity index (χ0n) is 7.85. The molecule has 0 spiro atoms. The first-order chi connectivity index (χ1) is 7.27. The lowest BCUT2D eigenvalue weighted by molar-refractivity contribution is 0.463. The van der Waals surface area contributed by atoms with Crippen molar-refractivity contribution in [1.82, 2.24) is 4.98 Å². The summed E-state index contributed by atoms with van der Waals surface area (Å²) in [5.74, 6) is 1.12. The molecule has 1 aromatic heterocycles. The number of benzene rings is 1. The Morgan fingerprint density at radius 2 is 1.93 bits per heavy atom. The molecule has 2 N–H and O–H groups in total. The number of nitrogen functional groups attached to an aromatic ring is 1. The van der Waals surface area contributed by atoms with Crippen molar-refractivity contribution in [3.63, 3.8) is 0 Å². The van der Waals surface area contributed by atoms with Gasteiger partial charge >= 0.3 is 0 Å². The van der Waals surface area contributed by atoms with Crippen LogP contribution in [-0.2, 0) is 0 Å². The first-order valence-electron chi connectivity index (χ1n) is 4.40. The van der Waals surface area contributed by atoms with Gasteiger partial charge in [-0.25, -0.2) is 4.98 Å². The molecule has 0 aliphatic carbocycles. The van der Waals surface area contributed by atoms with E-state index in [2.05, 4.69) is 20.9 Å². The number of nitrogens with zero attached hydrogens (tertiary/aromatic N) is 1. The van der Waals surface area contributed by atoms with Crippen LogP contribution in [0.5, 0.6) is 11.6 Å². The number of ether oxygens (including phenoxy) is 1. The van der Waals surface area contributed by atoms with E-state index in [0.29, 0.717) is 17.3 Å². The molecule has 76 valence electrons. The van der Waals surface area contributed by atoms with Crippen molar-refractivity contribution in [2.75, 3.05) is 5.73 Å². The third-order valence-corrected chi connectivity index (χ3v) is 2.50. The minimum absolute atomic E-state index is 0.421. The number of hydrogen-bond acceptors (Lipinski definition) is 3. The van der Waals surface area contributed by atoms with Gasteiger partial charge < -0.3 is 10.5 Å². The number of aromatic nitrogens is 1. The van der Waals surface area contributed by atoms with Crippen LogP contribution in [0.15, 0.2) is 47.1 Å². The first kappa shape index (κ1) is 9.98. The summed E-state index contributed by atoms with van der Waals surface area (Å²) in [5, 5.41) is 0. The molecule has 1 heterocycles. The van der Waals surface area contributed by atoms with E-state index in [1.807, 2.05) is 24.3 Å². The second-order valence-corrected chi connectivity index (χ2v) is 3.78. The van der Waals surface area contributed by atoms with Crippen LogP contribution in [0.2, 0.25) is 0 Å². The van der Waals surface area contributed by atoms with Crippen LogP contribution in [0, 0.1) is 0 Å². The van der Waals surface area contributed by atoms with Gasteiger partial charge in [-0.2, -0.15) is 0 Å². The van der Waals surface area contributed by atoms with E-state index in [-0.39, 0.29) is 0 Å². The van der Waals surface area contributed by atoms with Crippen molar-refractivity contribution < 1.29 is 4.74 Å². The van der Waals surface area contributed by atoms with E-state index in [4.69, 9.17) is 10.5 Å². The Hall–Kier alpha value is -1.55. The van der Waals surface area contributed by atoms with Crippen molar-refractivity contribution in [3.8, 4) is 11.6 Å². The summed E-state index contributed by atoms with van der Waals surface area (Å²) >= 11 is 3.38. The largest absolute Gasteiger partial charge is 0.436 e. The van der Waals surface area contributed by atoms with Gasteiger partial charge in [-0.1, -0.05) is 12.1 Å². The van der Waals surface area contributed by atoms with E-state index < -0.39 is 0 Å². The highest BCUT2D eigenvalue weighted by Crippen LogP contribution is 2.30. The average Bonchev–Trinajstić information content (AvgIpc) is 2.24. The summed E-state index contributed by atoms with van der Waals surface area (Å²) in [5.41, 5.74) is 6.24. The van der Waals surface area contributed by atoms with E-state index in [0.717, 1.165) is 4.47 Å². The molecule has 0 atom stereocenters. The topological polar surface area (TPSA) is 48.1 Å². The Kier molecular flexibility index (Phi) is 2.87. The molecule has 15 heavy (non-hydrogen) atoms. The normalized spacial score (nSPS) is 9.93. The quantitative estimate of drug-likeness (QED) is 0.906. The van der Waals surface area contributed by atoms with Gasteiger partial charge in [-0.15, -0.1) is 0 Å². The summed E-state index contributed by atoms with van der Waals surface area (Å²) in [7, 11) is 0. The zero-order chi connectivity index (χ0) is 10.7. The SMILES string of the molecule is Nc1cccnc1Oc1ccccc1Br. The fraction of sp³-hybridized carbons (Fsp3) is 0. The van der Waals surface area contributed by atoms with Crippen LogP contribution in [0.25, 0.3) is 0 Å². The lowest BCUT2D eigenvalue weighted by atomic mass is 10.3. The molecule has 0 saturated heterocycles. The molecule has 0 amide bonds. The lowest BCUT2D eigenvalue weighted by Gasteiger charge is -2.07. The minimum Gasteiger partial charge on any atom is -0.436 e. The lowest BCUT2D eigenvalue weighted by Crippen LogP contribution is -1.94. The van der Waals surface area contributed by atoms with Gasteiger partial charge in [0.1, 0.15) is 5.75 Å². The maximum absolute atomic E-state index is 5.72. The molecule has 4 heteroatoms. The Bertz CT molecular complexity index is 430. The number of anilines is 1. The van der Waals surface area contributed by atoms with Crippen molar-refractivity contribution in [1.29, 1.82) is 0 Å². The van der Waals surface area contributed by atoms with Crippen LogP contribution < -0.4 is 10.5 Å². The third-order valence-electron chi connectivity index (χ3n) is 1.84. The Morgan fingerprint density at radius 1 is 1.13 bits per heavy atom. The van der Waals surface area contributed by atoms with Gasteiger partial charge in [0.2, 0.25) is 5.88 Å². The van der Waals surface area contributed by atoms with Crippen LogP contribution >= 0.6 is 15.9 Å². The highest BCUT2D eigenvalue weighted by atomic mass is 79.9. The molecule has 0 fully saturated rings. The molecule has 0 aliphatic heterocycles. The summed E-state index contributed by atoms with van der Waals surface area (Å²) in [4.78, 5) is 4.05. The molecule has 2 aromatic rings. The monoisotopic (exact) mass is 264 g/mol. The molecule has 0 unspecified atom stereocenters. The molecular formula is C11H9BrN2O. The fourth-order valence-corrected chi connectivity index (χ4v) is 1.49. The molecule has 0 aliphatic rings. The number of hydrogen-bond donors (Lipinski definition) is 1. The zero-order valence-corrected chi connectivity index (χ0v) is 9.44. The highest BCUT2D eigenvalue weighted by molar-refractivity contribution is 9.10. The first-order valence-corrected chi connectivity index (χ1v) is 5.19. The minimum atomic E-state index is 0.421. The molecule has 2 rings (SSSR count). The van der Waals surface area contributed by atoms with E-state index in [1.54, 1.807) is 18.3 Å². The van der Waals surface area contributed by atoms with Crippen LogP contribution in [0.1, 0.15) is 0 Å². The summed E-state index contributed by atoms with van der Waals surface area (Å²) < 4.78 is 6.43. The second-order valence-electron chi connectivity index (χ2n) is 2.93. The Morgan fingerprint density at radius 3 is 2.67 bits per heavy atom. The Balaban J connectivity index is 2.30. The van der Waals surface area contributed by atoms with Gasteiger partial charge in [-0.05, 0) is 40.2 Å². The molecular weight excluding hydrogens is 256 g/mol. The molecule has 0 saturated carbocycles. The number of halogens is 1. The Labute approximate surface area is 96.0 Å². The van der Waals surface area contributed by atoms with Crippen LogP contribution in [0.3, 0.4) is 0 Å². The fourth-order valence-electron chi connectivity index (χ4n) is 1.12. The van der Waals surface area contributed by atoms with Gasteiger partial charge in [0.25, 0.3) is 0 Å². The maximum Gasteiger partial charge on any atom is 0.242 e. The van der Waals surface area contributed by atoms with E-state index >= 15 is 0 Å². The number of para-hydroxylation sites is 1. The maximum atomic E-state index is 5.72. The van der Waals surface area contributed by atoms with Crippen molar-refractivity contribution in [2.45, 2.75) is 0 Å². The molecule has 1 aromatic carbocycles. The average molecular weight is 265 g/mol. The van der Waals surface area contributed by atoms with Crippen molar-refractivity contribution in [3.05, 3.63) is 47.1 Å². The molecule has 0 bridgehead atoms. The van der Waals surface area contributed by atoms with Gasteiger partial charge in [0.15, 0.2) is 0 Å². The third kappa shape index (κ3) is 2.27. The number of nitrogens with two attached hydrogens (primary N) is 1. The summed E-state index contributed by atoms with van der Waals surface area (Å²) in [6, 6.07) is 11.1. The predicted molar refractivity (Wildman–Crippen MR) is 62.9 cm³/mol. The molecule has 3 nitrogen and oxygen atoms in total. The van der Waals surface area contributed by atoms with Crippen molar-refractivity contribution in [2.24, 2.45) is 0 Å². The van der Waals surface area contributed by atoms with Gasteiger partial charge in [0, 0.05) is 6.20 Å². The predicted octanol–water partition coefficient (Wildman–Crippen LogP) is 3.22. The smallest absolute Gasteiger partial charge is 0.242 e. The van der Waals surface area contributed by atoms with Gasteiger partial charge in [0.05, 0.1) is 10.2 Å². The van der Waals surface area contributed by atoms with Gasteiger partial charge in [-0.3, -0.25) is 0 Å².